The quantitative estimate of drug-likeness (QED) is 0.0417. The molecule has 322 valence electrons. The monoisotopic (exact) mass is 842 g/mol. The zero-order valence-corrected chi connectivity index (χ0v) is 35.4. The van der Waals surface area contributed by atoms with E-state index >= 15 is 0 Å². The average Bonchev–Trinajstić information content (AvgIpc) is 3.26. The molecule has 0 spiro atoms. The number of unbranched alkanes of at least 4 members (excludes halogenated alkanes) is 2. The largest absolute Gasteiger partial charge is 0.493 e. The Hall–Kier alpha value is -4.62. The van der Waals surface area contributed by atoms with Gasteiger partial charge in [0.15, 0.2) is 0 Å². The van der Waals surface area contributed by atoms with Crippen molar-refractivity contribution in [3.8, 4) is 11.5 Å². The summed E-state index contributed by atoms with van der Waals surface area (Å²) in [7, 11) is 1.52. The third-order valence-corrected chi connectivity index (χ3v) is 12.6. The summed E-state index contributed by atoms with van der Waals surface area (Å²) < 4.78 is 40.8. The van der Waals surface area contributed by atoms with Gasteiger partial charge in [-0.25, -0.2) is 9.18 Å². The molecule has 0 aromatic heterocycles. The van der Waals surface area contributed by atoms with Gasteiger partial charge < -0.3 is 34.0 Å². The number of carbonyl (C=O) groups excluding carboxylic acids is 1. The molecule has 3 aliphatic rings. The summed E-state index contributed by atoms with van der Waals surface area (Å²) in [6.07, 6.45) is 10.3. The Morgan fingerprint density at radius 1 is 1.00 bits per heavy atom. The lowest BCUT2D eigenvalue weighted by Gasteiger charge is -2.59. The first-order chi connectivity index (χ1) is 29.4. The molecule has 3 aromatic rings. The van der Waals surface area contributed by atoms with Crippen molar-refractivity contribution in [2.24, 2.45) is 22.9 Å². The second kappa shape index (κ2) is 22.3. The number of rotatable bonds is 23. The van der Waals surface area contributed by atoms with E-state index in [1.807, 2.05) is 30.3 Å². The molecule has 2 N–H and O–H groups in total. The van der Waals surface area contributed by atoms with E-state index in [2.05, 4.69) is 42.6 Å². The van der Waals surface area contributed by atoms with Gasteiger partial charge in [0, 0.05) is 48.3 Å². The van der Waals surface area contributed by atoms with Crippen LogP contribution in [0, 0.1) is 23.6 Å². The van der Waals surface area contributed by atoms with E-state index in [1.165, 1.54) is 24.1 Å². The minimum absolute atomic E-state index is 0.0508. The number of benzene rings is 3. The Labute approximate surface area is 358 Å². The number of fused-ring (bicyclic) bond motifs is 2. The topological polar surface area (TPSA) is 119 Å². The zero-order valence-electron chi connectivity index (χ0n) is 34.6. The minimum atomic E-state index is -1.47. The number of aliphatic hydroxyl groups excluding tert-OH is 2. The first-order valence-electron chi connectivity index (χ1n) is 21.1. The van der Waals surface area contributed by atoms with Gasteiger partial charge in [-0.05, 0) is 97.5 Å². The van der Waals surface area contributed by atoms with Crippen LogP contribution in [0.3, 0.4) is 0 Å². The molecule has 0 radical (unpaired) electrons. The summed E-state index contributed by atoms with van der Waals surface area (Å²) in [4.78, 5) is 22.8. The molecule has 1 amide bonds. The third-order valence-electron chi connectivity index (χ3n) is 11.6. The highest BCUT2D eigenvalue weighted by Crippen LogP contribution is 2.62. The number of allylic oxidation sites excluding steroid dienone is 1. The summed E-state index contributed by atoms with van der Waals surface area (Å²) in [5, 5.41) is 24.4. The van der Waals surface area contributed by atoms with E-state index in [1.54, 1.807) is 40.9 Å². The number of amides is 1. The van der Waals surface area contributed by atoms with Gasteiger partial charge >= 0.3 is 6.09 Å². The second-order valence-corrected chi connectivity index (χ2v) is 16.6. The van der Waals surface area contributed by atoms with Crippen LogP contribution in [0.4, 0.5) is 9.18 Å². The van der Waals surface area contributed by atoms with Crippen molar-refractivity contribution < 1.29 is 43.2 Å². The average molecular weight is 843 g/mol. The molecule has 6 rings (SSSR count). The molecular weight excluding hydrogens is 784 g/mol. The molecule has 2 aliphatic carbocycles. The molecule has 10 nitrogen and oxygen atoms in total. The molecule has 3 aromatic carbocycles. The highest BCUT2D eigenvalue weighted by Gasteiger charge is 2.65. The van der Waals surface area contributed by atoms with Crippen molar-refractivity contribution in [3.05, 3.63) is 127 Å². The van der Waals surface area contributed by atoms with Gasteiger partial charge in [0.2, 0.25) is 5.79 Å². The molecule has 0 bridgehead atoms. The van der Waals surface area contributed by atoms with Gasteiger partial charge in [-0.3, -0.25) is 4.90 Å². The van der Waals surface area contributed by atoms with E-state index in [-0.39, 0.29) is 63.0 Å². The maximum Gasteiger partial charge on any atom is 0.410 e. The molecule has 1 aliphatic heterocycles. The number of aliphatic hydroxyl groups is 2. The molecule has 0 saturated heterocycles. The number of carbonyl (C=O) groups is 1. The van der Waals surface area contributed by atoms with Crippen LogP contribution < -0.4 is 9.47 Å². The number of hydrogen-bond acceptors (Lipinski definition) is 10. The van der Waals surface area contributed by atoms with Crippen LogP contribution in [-0.2, 0) is 20.9 Å². The molecule has 1 fully saturated rings. The van der Waals surface area contributed by atoms with E-state index in [0.717, 1.165) is 48.3 Å². The van der Waals surface area contributed by atoms with Crippen molar-refractivity contribution in [2.75, 3.05) is 45.9 Å². The van der Waals surface area contributed by atoms with Crippen molar-refractivity contribution in [3.63, 3.8) is 0 Å². The fraction of sp³-hybridized carbons (Fsp3) is 0.458. The highest BCUT2D eigenvalue weighted by atomic mass is 32.2. The van der Waals surface area contributed by atoms with Crippen LogP contribution in [0.5, 0.6) is 11.5 Å². The molecule has 6 unspecified atom stereocenters. The van der Waals surface area contributed by atoms with Gasteiger partial charge in [-0.1, -0.05) is 66.6 Å². The van der Waals surface area contributed by atoms with Gasteiger partial charge in [0.05, 0.1) is 31.5 Å². The van der Waals surface area contributed by atoms with Crippen LogP contribution in [0.15, 0.2) is 120 Å². The fourth-order valence-corrected chi connectivity index (χ4v) is 9.84. The van der Waals surface area contributed by atoms with Gasteiger partial charge in [0.25, 0.3) is 0 Å². The summed E-state index contributed by atoms with van der Waals surface area (Å²) in [6.45, 7) is 8.78. The summed E-state index contributed by atoms with van der Waals surface area (Å²) in [5.41, 5.74) is 3.25. The van der Waals surface area contributed by atoms with E-state index in [4.69, 9.17) is 23.8 Å². The van der Waals surface area contributed by atoms with Crippen LogP contribution in [0.1, 0.15) is 68.4 Å². The smallest absolute Gasteiger partial charge is 0.410 e. The fourth-order valence-electron chi connectivity index (χ4n) is 9.09. The van der Waals surface area contributed by atoms with Crippen molar-refractivity contribution >= 4 is 23.6 Å². The number of halogens is 1. The van der Waals surface area contributed by atoms with Crippen LogP contribution in [0.25, 0.3) is 0 Å². The molecule has 12 heteroatoms. The Morgan fingerprint density at radius 2 is 1.77 bits per heavy atom. The predicted molar refractivity (Wildman–Crippen MR) is 233 cm³/mol. The molecular formula is C48H59FN2O8S. The van der Waals surface area contributed by atoms with E-state index in [9.17, 15) is 19.4 Å². The van der Waals surface area contributed by atoms with Crippen LogP contribution in [0.2, 0.25) is 0 Å². The highest BCUT2D eigenvalue weighted by molar-refractivity contribution is 7.99. The van der Waals surface area contributed by atoms with Gasteiger partial charge in [-0.15, -0.1) is 24.9 Å². The standard InChI is InChI=1S/C48H59FN2O8S/c1-4-6-27-57-47(54)51(33-34-18-20-36(49)21-19-34)44-32-42(50-55-3)40-30-35(14-10-12-24-52)39(17-11-13-25-53)45-41-31-37(56-28-29-60-38-15-8-7-9-16-38)22-23-43(41)59-48(44,46(40)45)58-26-5-2/h4-5,7-9,15-16,18-23,30-31,35,39,44-46,52-53H,1-2,6,10-14,17,24-29,32-33H2,3H3. The van der Waals surface area contributed by atoms with E-state index < -0.39 is 23.8 Å². The summed E-state index contributed by atoms with van der Waals surface area (Å²) in [6, 6.07) is 21.4. The predicted octanol–water partition coefficient (Wildman–Crippen LogP) is 9.48. The lowest BCUT2D eigenvalue weighted by Crippen LogP contribution is -2.70. The number of ether oxygens (including phenoxy) is 4. The van der Waals surface area contributed by atoms with Crippen molar-refractivity contribution in [1.82, 2.24) is 4.90 Å². The molecule has 6 atom stereocenters. The van der Waals surface area contributed by atoms with Gasteiger partial charge in [0.1, 0.15) is 30.5 Å². The van der Waals surface area contributed by atoms with Crippen LogP contribution in [-0.4, -0.2) is 84.6 Å². The number of nitrogens with zero attached hydrogens (tertiary/aromatic N) is 2. The molecule has 1 saturated carbocycles. The Balaban J connectivity index is 1.51. The SMILES string of the molecule is C=CCCOC(=O)N(Cc1ccc(F)cc1)C1CC(=NOC)C2=CC(CCCCO)C(CCCCO)C3c4cc(OCCSc5ccccc5)ccc4OC1(OCC=C)C23. The normalized spacial score (nSPS) is 23.4. The summed E-state index contributed by atoms with van der Waals surface area (Å²) in [5.74, 6) is -0.336. The van der Waals surface area contributed by atoms with E-state index in [0.29, 0.717) is 42.9 Å². The third kappa shape index (κ3) is 10.6. The van der Waals surface area contributed by atoms with Crippen molar-refractivity contribution in [2.45, 2.75) is 80.6 Å². The molecule has 1 heterocycles. The zero-order chi connectivity index (χ0) is 42.3. The maximum atomic E-state index is 14.4. The van der Waals surface area contributed by atoms with Crippen LogP contribution >= 0.6 is 11.8 Å². The first-order valence-corrected chi connectivity index (χ1v) is 22.1. The minimum Gasteiger partial charge on any atom is -0.493 e. The summed E-state index contributed by atoms with van der Waals surface area (Å²) >= 11 is 1.73. The lowest BCUT2D eigenvalue weighted by atomic mass is 9.55. The maximum absolute atomic E-state index is 14.4. The van der Waals surface area contributed by atoms with Gasteiger partial charge in [-0.2, -0.15) is 0 Å². The van der Waals surface area contributed by atoms with Crippen molar-refractivity contribution in [1.29, 1.82) is 0 Å². The lowest BCUT2D eigenvalue weighted by molar-refractivity contribution is -0.256. The Kier molecular flexibility index (Phi) is 16.7. The number of oxime groups is 1. The molecule has 60 heavy (non-hydrogen) atoms. The first kappa shape index (κ1) is 44.9. The number of hydrogen-bond donors (Lipinski definition) is 2. The Bertz CT molecular complexity index is 1930. The number of thioether (sulfide) groups is 1. The Morgan fingerprint density at radius 3 is 2.48 bits per heavy atom. The second-order valence-electron chi connectivity index (χ2n) is 15.4.